The summed E-state index contributed by atoms with van der Waals surface area (Å²) in [5.41, 5.74) is -5.37. The maximum atomic E-state index is 12.3. The molecule has 22 heavy (non-hydrogen) atoms. The molecule has 1 aromatic rings. The molecule has 126 valence electrons. The molecule has 0 amide bonds. The van der Waals surface area contributed by atoms with E-state index in [0.717, 1.165) is 6.92 Å². The van der Waals surface area contributed by atoms with Crippen molar-refractivity contribution in [1.82, 2.24) is 4.72 Å². The molecule has 0 fully saturated rings. The molecular weight excluding hydrogens is 382 g/mol. The first-order valence-electron chi connectivity index (χ1n) is 6.15. The van der Waals surface area contributed by atoms with Crippen molar-refractivity contribution >= 4 is 26.0 Å². The van der Waals surface area contributed by atoms with Crippen LogP contribution in [0.5, 0.6) is 0 Å². The van der Waals surface area contributed by atoms with Crippen LogP contribution in [0.4, 0.5) is 0 Å². The van der Waals surface area contributed by atoms with Gasteiger partial charge in [-0.05, 0) is 35.0 Å². The molecule has 0 heterocycles. The Labute approximate surface area is 136 Å². The molecular formula is C12H18BrNO7S. The van der Waals surface area contributed by atoms with E-state index in [2.05, 4.69) is 15.9 Å². The molecule has 0 radical (unpaired) electrons. The molecule has 1 rings (SSSR count). The molecule has 0 aromatic heterocycles. The first-order chi connectivity index (χ1) is 10.0. The summed E-state index contributed by atoms with van der Waals surface area (Å²) in [5.74, 6) is 0. The van der Waals surface area contributed by atoms with Crippen molar-refractivity contribution in [2.75, 3.05) is 13.2 Å². The summed E-state index contributed by atoms with van der Waals surface area (Å²) in [6.45, 7) is -1.31. The topological polar surface area (TPSA) is 147 Å². The van der Waals surface area contributed by atoms with Gasteiger partial charge in [0.1, 0.15) is 11.7 Å². The second-order valence-electron chi connectivity index (χ2n) is 4.90. The van der Waals surface area contributed by atoms with Crippen LogP contribution in [0.2, 0.25) is 0 Å². The molecule has 10 heteroatoms. The summed E-state index contributed by atoms with van der Waals surface area (Å²) in [7, 11) is -4.35. The number of aliphatic hydroxyl groups excluding tert-OH is 3. The number of halogens is 1. The van der Waals surface area contributed by atoms with Crippen LogP contribution in [0, 0.1) is 0 Å². The summed E-state index contributed by atoms with van der Waals surface area (Å²) in [4.78, 5) is -0.240. The van der Waals surface area contributed by atoms with Gasteiger partial charge >= 0.3 is 0 Å². The van der Waals surface area contributed by atoms with E-state index in [0.29, 0.717) is 0 Å². The lowest BCUT2D eigenvalue weighted by Gasteiger charge is -2.42. The summed E-state index contributed by atoms with van der Waals surface area (Å²) < 4.78 is 26.6. The molecule has 0 saturated carbocycles. The smallest absolute Gasteiger partial charge is 0.244 e. The second kappa shape index (κ2) is 6.89. The Morgan fingerprint density at radius 3 is 2.27 bits per heavy atom. The molecule has 3 atom stereocenters. The third-order valence-corrected chi connectivity index (χ3v) is 5.81. The Kier molecular flexibility index (Phi) is 6.09. The highest BCUT2D eigenvalue weighted by Crippen LogP contribution is 2.28. The summed E-state index contributed by atoms with van der Waals surface area (Å²) >= 11 is 3.04. The number of aliphatic hydroxyl groups is 5. The fourth-order valence-electron chi connectivity index (χ4n) is 1.69. The largest absolute Gasteiger partial charge is 0.394 e. The highest BCUT2D eigenvalue weighted by molar-refractivity contribution is 9.10. The van der Waals surface area contributed by atoms with Gasteiger partial charge in [0.05, 0.1) is 18.1 Å². The van der Waals surface area contributed by atoms with Gasteiger partial charge in [-0.2, -0.15) is 4.72 Å². The van der Waals surface area contributed by atoms with Crippen LogP contribution >= 0.6 is 15.9 Å². The van der Waals surface area contributed by atoms with E-state index in [9.17, 15) is 28.8 Å². The zero-order valence-corrected chi connectivity index (χ0v) is 14.0. The van der Waals surface area contributed by atoms with Crippen LogP contribution in [-0.4, -0.2) is 64.6 Å². The Balaban J connectivity index is 3.26. The third-order valence-electron chi connectivity index (χ3n) is 3.32. The van der Waals surface area contributed by atoms with Crippen molar-refractivity contribution < 1.29 is 34.0 Å². The molecule has 6 N–H and O–H groups in total. The van der Waals surface area contributed by atoms with E-state index < -0.39 is 40.7 Å². The predicted molar refractivity (Wildman–Crippen MR) is 80.2 cm³/mol. The zero-order chi connectivity index (χ0) is 17.2. The standard InChI is InChI=1S/C12H18BrNO7S/c1-11(18,10(17)6-15)12(19,7-16)14-22(20,21)9-5-3-2-4-8(9)13/h2-5,10,14-19H,6-7H2,1H3/t10?,11-,12-/m0/s1. The van der Waals surface area contributed by atoms with Gasteiger partial charge in [0.25, 0.3) is 0 Å². The van der Waals surface area contributed by atoms with Crippen molar-refractivity contribution in [3.8, 4) is 0 Å². The van der Waals surface area contributed by atoms with E-state index in [1.54, 1.807) is 10.8 Å². The zero-order valence-electron chi connectivity index (χ0n) is 11.6. The SMILES string of the molecule is C[C@](O)(C(O)CO)[C@@](O)(CO)NS(=O)(=O)c1ccccc1Br. The average molecular weight is 400 g/mol. The highest BCUT2D eigenvalue weighted by atomic mass is 79.9. The molecule has 1 aromatic carbocycles. The average Bonchev–Trinajstić information content (AvgIpc) is 2.45. The summed E-state index contributed by atoms with van der Waals surface area (Å²) in [5, 5.41) is 48.1. The molecule has 0 aliphatic carbocycles. The molecule has 0 saturated heterocycles. The Bertz CT molecular complexity index is 622. The third kappa shape index (κ3) is 3.66. The van der Waals surface area contributed by atoms with Crippen LogP contribution in [0.25, 0.3) is 0 Å². The summed E-state index contributed by atoms with van der Waals surface area (Å²) in [6, 6.07) is 5.71. The van der Waals surface area contributed by atoms with Gasteiger partial charge in [-0.25, -0.2) is 8.42 Å². The van der Waals surface area contributed by atoms with Crippen LogP contribution in [-0.2, 0) is 10.0 Å². The lowest BCUT2D eigenvalue weighted by Crippen LogP contribution is -2.70. The Morgan fingerprint density at radius 1 is 1.27 bits per heavy atom. The number of sulfonamides is 1. The molecule has 0 spiro atoms. The lowest BCUT2D eigenvalue weighted by atomic mass is 9.88. The van der Waals surface area contributed by atoms with E-state index in [-0.39, 0.29) is 9.37 Å². The Hall–Kier alpha value is -0.590. The first-order valence-corrected chi connectivity index (χ1v) is 8.42. The highest BCUT2D eigenvalue weighted by Gasteiger charge is 2.52. The van der Waals surface area contributed by atoms with Crippen molar-refractivity contribution in [2.45, 2.75) is 29.2 Å². The number of nitrogens with one attached hydrogen (secondary N) is 1. The first kappa shape index (κ1) is 19.5. The van der Waals surface area contributed by atoms with Gasteiger partial charge in [-0.15, -0.1) is 0 Å². The maximum Gasteiger partial charge on any atom is 0.244 e. The van der Waals surface area contributed by atoms with Crippen LogP contribution < -0.4 is 4.72 Å². The minimum absolute atomic E-state index is 0.199. The fraction of sp³-hybridized carbons (Fsp3) is 0.500. The minimum Gasteiger partial charge on any atom is -0.394 e. The van der Waals surface area contributed by atoms with Crippen molar-refractivity contribution in [1.29, 1.82) is 0 Å². The molecule has 0 aliphatic heterocycles. The van der Waals surface area contributed by atoms with E-state index >= 15 is 0 Å². The van der Waals surface area contributed by atoms with Gasteiger partial charge in [-0.3, -0.25) is 0 Å². The van der Waals surface area contributed by atoms with Gasteiger partial charge in [0.2, 0.25) is 10.0 Å². The van der Waals surface area contributed by atoms with Crippen molar-refractivity contribution in [3.05, 3.63) is 28.7 Å². The van der Waals surface area contributed by atoms with Crippen LogP contribution in [0.1, 0.15) is 6.92 Å². The molecule has 0 aliphatic rings. The van der Waals surface area contributed by atoms with E-state index in [1.165, 1.54) is 18.2 Å². The molecule has 0 bridgehead atoms. The predicted octanol–water partition coefficient (Wildman–Crippen LogP) is -1.49. The normalized spacial score (nSPS) is 19.2. The second-order valence-corrected chi connectivity index (χ2v) is 7.41. The van der Waals surface area contributed by atoms with E-state index in [4.69, 9.17) is 5.11 Å². The number of hydrogen-bond donors (Lipinski definition) is 6. The minimum atomic E-state index is -4.35. The monoisotopic (exact) mass is 399 g/mol. The molecule has 8 nitrogen and oxygen atoms in total. The maximum absolute atomic E-state index is 12.3. The van der Waals surface area contributed by atoms with Crippen LogP contribution in [0.15, 0.2) is 33.6 Å². The van der Waals surface area contributed by atoms with Crippen LogP contribution in [0.3, 0.4) is 0 Å². The van der Waals surface area contributed by atoms with Gasteiger partial charge in [0, 0.05) is 4.47 Å². The number of rotatable bonds is 7. The fourth-order valence-corrected chi connectivity index (χ4v) is 4.02. The Morgan fingerprint density at radius 2 is 1.82 bits per heavy atom. The lowest BCUT2D eigenvalue weighted by molar-refractivity contribution is -0.218. The number of benzene rings is 1. The van der Waals surface area contributed by atoms with Gasteiger partial charge < -0.3 is 25.5 Å². The molecule has 1 unspecified atom stereocenters. The quantitative estimate of drug-likeness (QED) is 0.306. The van der Waals surface area contributed by atoms with Crippen molar-refractivity contribution in [3.63, 3.8) is 0 Å². The van der Waals surface area contributed by atoms with E-state index in [1.807, 2.05) is 0 Å². The van der Waals surface area contributed by atoms with Gasteiger partial charge in [-0.1, -0.05) is 12.1 Å². The van der Waals surface area contributed by atoms with Gasteiger partial charge in [0.15, 0.2) is 5.72 Å². The van der Waals surface area contributed by atoms with Crippen molar-refractivity contribution in [2.24, 2.45) is 0 Å². The number of hydrogen-bond acceptors (Lipinski definition) is 7. The summed E-state index contributed by atoms with van der Waals surface area (Å²) in [6.07, 6.45) is -1.90.